The van der Waals surface area contributed by atoms with Gasteiger partial charge in [-0.25, -0.2) is 4.98 Å². The predicted octanol–water partition coefficient (Wildman–Crippen LogP) is 14.4. The lowest BCUT2D eigenvalue weighted by Crippen LogP contribution is -2.36. The van der Waals surface area contributed by atoms with E-state index in [0.29, 0.717) is 17.6 Å². The van der Waals surface area contributed by atoms with Crippen molar-refractivity contribution in [3.63, 3.8) is 0 Å². The van der Waals surface area contributed by atoms with E-state index in [1.165, 1.54) is 77.6 Å². The van der Waals surface area contributed by atoms with Crippen LogP contribution in [-0.2, 0) is 5.41 Å². The maximum absolute atomic E-state index is 5.26. The van der Waals surface area contributed by atoms with Gasteiger partial charge in [0.05, 0.1) is 27.8 Å². The fraction of sp³-hybridized carbons (Fsp3) is 0.0339. The standard InChI is InChI=1S/C59H39N5/c1-38-28-32-43(33-29-38)63-52-25-13-9-21-45(52)47-37-42(31-35-53(47)63)41-30-34-49-46(36-41)44-20-8-10-22-48(44)59(49)50-23-11-14-26-54(50)64(55-27-15-12-24-51(55)59)58-61-56(39-16-4-2-5-17-39)60-57(62-58)40-18-6-3-7-19-40/h2-37H,1H3. The van der Waals surface area contributed by atoms with Gasteiger partial charge in [0.15, 0.2) is 11.6 Å². The second-order valence-corrected chi connectivity index (χ2v) is 16.9. The lowest BCUT2D eigenvalue weighted by Gasteiger charge is -2.44. The van der Waals surface area contributed by atoms with Gasteiger partial charge in [0.1, 0.15) is 0 Å². The largest absolute Gasteiger partial charge is 0.309 e. The maximum atomic E-state index is 5.26. The van der Waals surface area contributed by atoms with Crippen molar-refractivity contribution in [2.24, 2.45) is 0 Å². The van der Waals surface area contributed by atoms with Crippen LogP contribution in [0.1, 0.15) is 27.8 Å². The fourth-order valence-electron chi connectivity index (χ4n) is 10.5. The van der Waals surface area contributed by atoms with E-state index in [1.807, 2.05) is 36.4 Å². The van der Waals surface area contributed by atoms with Gasteiger partial charge < -0.3 is 4.57 Å². The Kier molecular flexibility index (Phi) is 7.97. The molecular weight excluding hydrogens is 779 g/mol. The molecule has 0 radical (unpaired) electrons. The van der Waals surface area contributed by atoms with Gasteiger partial charge in [0.25, 0.3) is 0 Å². The first kappa shape index (κ1) is 36.3. The van der Waals surface area contributed by atoms with Crippen LogP contribution in [0.4, 0.5) is 17.3 Å². The molecule has 0 amide bonds. The number of hydrogen-bond donors (Lipinski definition) is 0. The molecule has 0 N–H and O–H groups in total. The quantitative estimate of drug-likeness (QED) is 0.174. The fourth-order valence-corrected chi connectivity index (χ4v) is 10.5. The molecule has 0 fully saturated rings. The zero-order chi connectivity index (χ0) is 42.4. The number of aromatic nitrogens is 4. The van der Waals surface area contributed by atoms with Crippen LogP contribution < -0.4 is 4.90 Å². The number of para-hydroxylation sites is 3. The minimum Gasteiger partial charge on any atom is -0.309 e. The van der Waals surface area contributed by atoms with Crippen LogP contribution in [0.15, 0.2) is 218 Å². The third kappa shape index (κ3) is 5.28. The van der Waals surface area contributed by atoms with E-state index in [0.717, 1.165) is 22.5 Å². The number of benzene rings is 9. The Labute approximate surface area is 371 Å². The number of nitrogens with zero attached hydrogens (tertiary/aromatic N) is 5. The molecule has 13 rings (SSSR count). The molecule has 0 atom stereocenters. The Morgan fingerprint density at radius 3 is 1.59 bits per heavy atom. The number of fused-ring (bicyclic) bond motifs is 12. The molecule has 0 bridgehead atoms. The second-order valence-electron chi connectivity index (χ2n) is 16.9. The highest BCUT2D eigenvalue weighted by molar-refractivity contribution is 6.10. The van der Waals surface area contributed by atoms with Gasteiger partial charge >= 0.3 is 0 Å². The van der Waals surface area contributed by atoms with Crippen LogP contribution in [0.2, 0.25) is 0 Å². The van der Waals surface area contributed by atoms with E-state index in [9.17, 15) is 0 Å². The molecule has 1 aliphatic heterocycles. The summed E-state index contributed by atoms with van der Waals surface area (Å²) < 4.78 is 2.39. The van der Waals surface area contributed by atoms with Crippen molar-refractivity contribution in [2.45, 2.75) is 12.3 Å². The Balaban J connectivity index is 1.01. The molecule has 1 spiro atoms. The SMILES string of the molecule is Cc1ccc(-n2c3ccccc3c3cc(-c4ccc5c(c4)-c4ccccc4C54c5ccccc5N(c5nc(-c6ccccc6)nc(-c6ccccc6)n5)c5ccccc54)ccc32)cc1. The van der Waals surface area contributed by atoms with E-state index in [4.69, 9.17) is 15.0 Å². The Bertz CT molecular complexity index is 3520. The molecular formula is C59H39N5. The number of rotatable bonds is 5. The van der Waals surface area contributed by atoms with Crippen LogP contribution in [-0.4, -0.2) is 19.5 Å². The van der Waals surface area contributed by atoms with E-state index >= 15 is 0 Å². The zero-order valence-electron chi connectivity index (χ0n) is 35.0. The number of aryl methyl sites for hydroxylation is 1. The van der Waals surface area contributed by atoms with Crippen LogP contribution >= 0.6 is 0 Å². The zero-order valence-corrected chi connectivity index (χ0v) is 35.0. The van der Waals surface area contributed by atoms with E-state index in [2.05, 4.69) is 198 Å². The molecule has 5 heteroatoms. The summed E-state index contributed by atoms with van der Waals surface area (Å²) in [6.45, 7) is 2.14. The first-order valence-electron chi connectivity index (χ1n) is 21.9. The van der Waals surface area contributed by atoms with Gasteiger partial charge in [-0.1, -0.05) is 175 Å². The van der Waals surface area contributed by atoms with Crippen LogP contribution in [0, 0.1) is 6.92 Å². The summed E-state index contributed by atoms with van der Waals surface area (Å²) in [5.41, 5.74) is 17.9. The van der Waals surface area contributed by atoms with E-state index < -0.39 is 5.41 Å². The topological polar surface area (TPSA) is 46.8 Å². The first-order valence-corrected chi connectivity index (χ1v) is 21.9. The van der Waals surface area contributed by atoms with Crippen molar-refractivity contribution in [1.29, 1.82) is 0 Å². The van der Waals surface area contributed by atoms with Crippen molar-refractivity contribution in [1.82, 2.24) is 19.5 Å². The van der Waals surface area contributed by atoms with Crippen molar-refractivity contribution in [3.8, 4) is 50.7 Å². The molecule has 9 aromatic carbocycles. The highest BCUT2D eigenvalue weighted by Crippen LogP contribution is 2.63. The monoisotopic (exact) mass is 817 g/mol. The van der Waals surface area contributed by atoms with Crippen molar-refractivity contribution >= 4 is 39.1 Å². The molecule has 1 aliphatic carbocycles. The molecule has 11 aromatic rings. The third-order valence-corrected chi connectivity index (χ3v) is 13.3. The van der Waals surface area contributed by atoms with Gasteiger partial charge in [0.2, 0.25) is 5.95 Å². The first-order chi connectivity index (χ1) is 31.6. The highest BCUT2D eigenvalue weighted by atomic mass is 15.3. The molecule has 2 aromatic heterocycles. The van der Waals surface area contributed by atoms with Gasteiger partial charge in [-0.05, 0) is 100.0 Å². The maximum Gasteiger partial charge on any atom is 0.238 e. The smallest absolute Gasteiger partial charge is 0.238 e. The molecule has 5 nitrogen and oxygen atoms in total. The summed E-state index contributed by atoms with van der Waals surface area (Å²) in [5, 5.41) is 2.49. The highest BCUT2D eigenvalue weighted by Gasteiger charge is 2.52. The summed E-state index contributed by atoms with van der Waals surface area (Å²) in [4.78, 5) is 17.8. The van der Waals surface area contributed by atoms with Crippen molar-refractivity contribution < 1.29 is 0 Å². The summed E-state index contributed by atoms with van der Waals surface area (Å²) >= 11 is 0. The second kappa shape index (κ2) is 14.1. The van der Waals surface area contributed by atoms with Gasteiger partial charge in [-0.2, -0.15) is 9.97 Å². The lowest BCUT2D eigenvalue weighted by atomic mass is 9.64. The molecule has 0 saturated heterocycles. The van der Waals surface area contributed by atoms with Crippen LogP contribution in [0.5, 0.6) is 0 Å². The third-order valence-electron chi connectivity index (χ3n) is 13.3. The molecule has 3 heterocycles. The van der Waals surface area contributed by atoms with Crippen LogP contribution in [0.3, 0.4) is 0 Å². The summed E-state index contributed by atoms with van der Waals surface area (Å²) in [7, 11) is 0. The predicted molar refractivity (Wildman–Crippen MR) is 261 cm³/mol. The Morgan fingerprint density at radius 2 is 0.906 bits per heavy atom. The minimum atomic E-state index is -0.600. The minimum absolute atomic E-state index is 0.573. The molecule has 0 unspecified atom stereocenters. The van der Waals surface area contributed by atoms with Crippen LogP contribution in [0.25, 0.3) is 72.5 Å². The average molecular weight is 818 g/mol. The molecule has 300 valence electrons. The lowest BCUT2D eigenvalue weighted by molar-refractivity contribution is 0.749. The average Bonchev–Trinajstić information content (AvgIpc) is 3.85. The molecule has 64 heavy (non-hydrogen) atoms. The molecule has 2 aliphatic rings. The number of anilines is 3. The summed E-state index contributed by atoms with van der Waals surface area (Å²) in [5.74, 6) is 1.83. The summed E-state index contributed by atoms with van der Waals surface area (Å²) in [6, 6.07) is 78.7. The van der Waals surface area contributed by atoms with Gasteiger partial charge in [0, 0.05) is 27.6 Å². The molecule has 0 saturated carbocycles. The van der Waals surface area contributed by atoms with Crippen molar-refractivity contribution in [2.75, 3.05) is 4.90 Å². The Morgan fingerprint density at radius 1 is 0.375 bits per heavy atom. The van der Waals surface area contributed by atoms with Crippen molar-refractivity contribution in [3.05, 3.63) is 246 Å². The Hall–Kier alpha value is -8.41. The van der Waals surface area contributed by atoms with E-state index in [1.54, 1.807) is 0 Å². The number of hydrogen-bond acceptors (Lipinski definition) is 4. The normalized spacial score (nSPS) is 13.2. The van der Waals surface area contributed by atoms with E-state index in [-0.39, 0.29) is 0 Å². The van der Waals surface area contributed by atoms with Gasteiger partial charge in [-0.3, -0.25) is 4.90 Å². The summed E-state index contributed by atoms with van der Waals surface area (Å²) in [6.07, 6.45) is 0. The van der Waals surface area contributed by atoms with Gasteiger partial charge in [-0.15, -0.1) is 0 Å².